The highest BCUT2D eigenvalue weighted by Crippen LogP contribution is 2.71. The van der Waals surface area contributed by atoms with Gasteiger partial charge in [-0.2, -0.15) is 0 Å². The zero-order valence-corrected chi connectivity index (χ0v) is 12.9. The first-order chi connectivity index (χ1) is 8.82. The molecule has 0 saturated heterocycles. The van der Waals surface area contributed by atoms with E-state index in [4.69, 9.17) is 10.5 Å². The third-order valence-corrected chi connectivity index (χ3v) is 5.45. The Morgan fingerprint density at radius 3 is 2.05 bits per heavy atom. The Labute approximate surface area is 117 Å². The van der Waals surface area contributed by atoms with Gasteiger partial charge in [-0.1, -0.05) is 52.0 Å². The largest absolute Gasteiger partial charge is 0.384 e. The monoisotopic (exact) mass is 261 g/mol. The molecule has 1 aliphatic rings. The first-order valence-electron chi connectivity index (χ1n) is 7.15. The molecular weight excluding hydrogens is 234 g/mol. The summed E-state index contributed by atoms with van der Waals surface area (Å²) >= 11 is 0. The van der Waals surface area contributed by atoms with Gasteiger partial charge in [-0.15, -0.1) is 0 Å². The van der Waals surface area contributed by atoms with Crippen LogP contribution in [0.2, 0.25) is 0 Å². The van der Waals surface area contributed by atoms with Crippen molar-refractivity contribution >= 4 is 0 Å². The van der Waals surface area contributed by atoms with Crippen LogP contribution in [0.15, 0.2) is 24.3 Å². The van der Waals surface area contributed by atoms with Crippen molar-refractivity contribution in [3.63, 3.8) is 0 Å². The summed E-state index contributed by atoms with van der Waals surface area (Å²) in [4.78, 5) is 0. The second-order valence-electron chi connectivity index (χ2n) is 6.93. The zero-order valence-electron chi connectivity index (χ0n) is 12.9. The lowest BCUT2D eigenvalue weighted by Crippen LogP contribution is -2.16. The lowest BCUT2D eigenvalue weighted by atomic mass is 9.96. The number of benzene rings is 1. The molecule has 1 fully saturated rings. The Kier molecular flexibility index (Phi) is 3.76. The normalized spacial score (nSPS) is 22.2. The average molecular weight is 261 g/mol. The van der Waals surface area contributed by atoms with Crippen LogP contribution in [0.4, 0.5) is 0 Å². The van der Waals surface area contributed by atoms with Crippen molar-refractivity contribution in [3.8, 4) is 0 Å². The maximum atomic E-state index is 6.48. The molecule has 2 nitrogen and oxygen atoms in total. The number of hydrogen-bond donors (Lipinski definition) is 1. The number of nitrogens with two attached hydrogens (primary N) is 1. The highest BCUT2D eigenvalue weighted by atomic mass is 16.5. The Morgan fingerprint density at radius 2 is 1.63 bits per heavy atom. The Morgan fingerprint density at radius 1 is 1.11 bits per heavy atom. The zero-order chi connectivity index (χ0) is 14.3. The molecule has 2 N–H and O–H groups in total. The molecule has 1 aromatic rings. The van der Waals surface area contributed by atoms with Gasteiger partial charge in [0.2, 0.25) is 0 Å². The summed E-state index contributed by atoms with van der Waals surface area (Å²) in [6.07, 6.45) is 0.965. The predicted octanol–water partition coefficient (Wildman–Crippen LogP) is 3.56. The van der Waals surface area contributed by atoms with E-state index in [1.165, 1.54) is 11.1 Å². The van der Waals surface area contributed by atoms with Gasteiger partial charge in [-0.05, 0) is 34.3 Å². The fourth-order valence-corrected chi connectivity index (χ4v) is 3.46. The Balaban J connectivity index is 2.07. The standard InChI is InChI=1S/C17H27NO/c1-16(2)15(17(16,3)4)14(18)13-8-6-12(7-9-13)10-11-19-5/h6-9,14-15H,10-11,18H2,1-5H3. The second-order valence-corrected chi connectivity index (χ2v) is 6.93. The summed E-state index contributed by atoms with van der Waals surface area (Å²) in [5.74, 6) is 0.560. The van der Waals surface area contributed by atoms with Crippen molar-refractivity contribution < 1.29 is 4.74 Å². The van der Waals surface area contributed by atoms with Crippen LogP contribution in [0, 0.1) is 16.7 Å². The van der Waals surface area contributed by atoms with E-state index in [-0.39, 0.29) is 6.04 Å². The van der Waals surface area contributed by atoms with Gasteiger partial charge in [-0.3, -0.25) is 0 Å². The number of methoxy groups -OCH3 is 1. The van der Waals surface area contributed by atoms with E-state index < -0.39 is 0 Å². The lowest BCUT2D eigenvalue weighted by molar-refractivity contribution is 0.202. The van der Waals surface area contributed by atoms with Crippen LogP contribution in [-0.2, 0) is 11.2 Å². The van der Waals surface area contributed by atoms with E-state index in [9.17, 15) is 0 Å². The third kappa shape index (κ3) is 2.44. The summed E-state index contributed by atoms with van der Waals surface area (Å²) in [5, 5.41) is 0. The molecule has 0 aliphatic heterocycles. The molecular formula is C17H27NO. The summed E-state index contributed by atoms with van der Waals surface area (Å²) in [6.45, 7) is 10.1. The molecule has 0 radical (unpaired) electrons. The fraction of sp³-hybridized carbons (Fsp3) is 0.647. The third-order valence-electron chi connectivity index (χ3n) is 5.45. The quantitative estimate of drug-likeness (QED) is 0.879. The van der Waals surface area contributed by atoms with Crippen molar-refractivity contribution in [1.82, 2.24) is 0 Å². The molecule has 106 valence electrons. The van der Waals surface area contributed by atoms with Crippen LogP contribution < -0.4 is 5.73 Å². The first kappa shape index (κ1) is 14.5. The Hall–Kier alpha value is -0.860. The Bertz CT molecular complexity index is 419. The van der Waals surface area contributed by atoms with E-state index in [2.05, 4.69) is 52.0 Å². The second kappa shape index (κ2) is 4.92. The van der Waals surface area contributed by atoms with Crippen molar-refractivity contribution in [3.05, 3.63) is 35.4 Å². The van der Waals surface area contributed by atoms with Crippen LogP contribution in [0.25, 0.3) is 0 Å². The minimum atomic E-state index is 0.140. The topological polar surface area (TPSA) is 35.2 Å². The van der Waals surface area contributed by atoms with Crippen LogP contribution in [-0.4, -0.2) is 13.7 Å². The van der Waals surface area contributed by atoms with E-state index in [1.54, 1.807) is 7.11 Å². The van der Waals surface area contributed by atoms with Gasteiger partial charge in [0, 0.05) is 13.2 Å². The maximum absolute atomic E-state index is 6.48. The summed E-state index contributed by atoms with van der Waals surface area (Å²) in [5.41, 5.74) is 9.71. The minimum absolute atomic E-state index is 0.140. The van der Waals surface area contributed by atoms with E-state index in [1.807, 2.05) is 0 Å². The van der Waals surface area contributed by atoms with Crippen LogP contribution in [0.5, 0.6) is 0 Å². The molecule has 1 unspecified atom stereocenters. The molecule has 0 bridgehead atoms. The van der Waals surface area contributed by atoms with Gasteiger partial charge in [-0.25, -0.2) is 0 Å². The number of hydrogen-bond acceptors (Lipinski definition) is 2. The molecule has 0 heterocycles. The lowest BCUT2D eigenvalue weighted by Gasteiger charge is -2.15. The van der Waals surface area contributed by atoms with Gasteiger partial charge in [0.15, 0.2) is 0 Å². The van der Waals surface area contributed by atoms with Crippen molar-refractivity contribution in [2.45, 2.75) is 40.2 Å². The van der Waals surface area contributed by atoms with Crippen LogP contribution in [0.3, 0.4) is 0 Å². The fourth-order valence-electron chi connectivity index (χ4n) is 3.46. The van der Waals surface area contributed by atoms with Crippen molar-refractivity contribution in [2.24, 2.45) is 22.5 Å². The SMILES string of the molecule is COCCc1ccc(C(N)C2C(C)(C)C2(C)C)cc1. The summed E-state index contributed by atoms with van der Waals surface area (Å²) in [6, 6.07) is 8.86. The summed E-state index contributed by atoms with van der Waals surface area (Å²) < 4.78 is 5.10. The predicted molar refractivity (Wildman–Crippen MR) is 80.0 cm³/mol. The highest BCUT2D eigenvalue weighted by molar-refractivity contribution is 5.29. The van der Waals surface area contributed by atoms with Crippen molar-refractivity contribution in [1.29, 1.82) is 0 Å². The molecule has 0 spiro atoms. The molecule has 19 heavy (non-hydrogen) atoms. The van der Waals surface area contributed by atoms with Crippen molar-refractivity contribution in [2.75, 3.05) is 13.7 Å². The van der Waals surface area contributed by atoms with Gasteiger partial charge in [0.1, 0.15) is 0 Å². The first-order valence-corrected chi connectivity index (χ1v) is 7.15. The molecule has 1 aliphatic carbocycles. The molecule has 0 amide bonds. The van der Waals surface area contributed by atoms with E-state index >= 15 is 0 Å². The van der Waals surface area contributed by atoms with E-state index in [0.717, 1.165) is 13.0 Å². The van der Waals surface area contributed by atoms with Gasteiger partial charge in [0.25, 0.3) is 0 Å². The maximum Gasteiger partial charge on any atom is 0.0502 e. The number of rotatable bonds is 5. The molecule has 2 heteroatoms. The average Bonchev–Trinajstić information content (AvgIpc) is 2.77. The molecule has 2 rings (SSSR count). The van der Waals surface area contributed by atoms with Gasteiger partial charge in [0.05, 0.1) is 6.61 Å². The number of ether oxygens (including phenoxy) is 1. The summed E-state index contributed by atoms with van der Waals surface area (Å²) in [7, 11) is 1.74. The molecule has 0 aromatic heterocycles. The highest BCUT2D eigenvalue weighted by Gasteiger charge is 2.66. The van der Waals surface area contributed by atoms with Crippen LogP contribution in [0.1, 0.15) is 44.9 Å². The molecule has 1 saturated carbocycles. The van der Waals surface area contributed by atoms with Crippen LogP contribution >= 0.6 is 0 Å². The minimum Gasteiger partial charge on any atom is -0.384 e. The molecule has 1 aromatic carbocycles. The van der Waals surface area contributed by atoms with E-state index in [0.29, 0.717) is 16.7 Å². The smallest absolute Gasteiger partial charge is 0.0502 e. The van der Waals surface area contributed by atoms with Gasteiger partial charge >= 0.3 is 0 Å². The molecule has 1 atom stereocenters. The van der Waals surface area contributed by atoms with Gasteiger partial charge < -0.3 is 10.5 Å².